The Kier molecular flexibility index (Phi) is 4.01. The molecule has 1 saturated carbocycles. The monoisotopic (exact) mass is 457 g/mol. The molecule has 1 aliphatic carbocycles. The first kappa shape index (κ1) is 18.4. The van der Waals surface area contributed by atoms with Gasteiger partial charge in [0.25, 0.3) is 0 Å². The Bertz CT molecular complexity index is 879. The molecule has 0 amide bonds. The number of carbonyl (C=O) groups excluding carboxylic acids is 1. The average molecular weight is 458 g/mol. The fourth-order valence-electron chi connectivity index (χ4n) is 7.15. The summed E-state index contributed by atoms with van der Waals surface area (Å²) in [6, 6.07) is 9.42. The van der Waals surface area contributed by atoms with Gasteiger partial charge in [-0.1, -0.05) is 22.4 Å². The van der Waals surface area contributed by atoms with E-state index in [1.807, 2.05) is 0 Å². The van der Waals surface area contributed by atoms with Crippen LogP contribution in [0.4, 0.5) is 5.69 Å². The van der Waals surface area contributed by atoms with Crippen molar-refractivity contribution in [2.45, 2.75) is 55.8 Å². The lowest BCUT2D eigenvalue weighted by Gasteiger charge is -2.62. The van der Waals surface area contributed by atoms with Gasteiger partial charge in [-0.05, 0) is 62.6 Å². The molecule has 4 heterocycles. The van der Waals surface area contributed by atoms with Crippen LogP contribution in [-0.2, 0) is 9.53 Å². The lowest BCUT2D eigenvalue weighted by Crippen LogP contribution is -2.77. The number of ether oxygens (including phenoxy) is 1. The molecular weight excluding hydrogens is 430 g/mol. The molecule has 1 aromatic rings. The first-order chi connectivity index (χ1) is 14.1. The third kappa shape index (κ3) is 2.26. The molecule has 6 heteroatoms. The number of carbonyl (C=O) groups is 1. The smallest absolute Gasteiger partial charge is 0.331 e. The van der Waals surface area contributed by atoms with Crippen molar-refractivity contribution in [2.24, 2.45) is 0 Å². The number of esters is 1. The van der Waals surface area contributed by atoms with E-state index in [4.69, 9.17) is 4.74 Å². The zero-order chi connectivity index (χ0) is 19.8. The van der Waals surface area contributed by atoms with Crippen LogP contribution in [0.3, 0.4) is 0 Å². The highest BCUT2D eigenvalue weighted by Crippen LogP contribution is 2.66. The number of rotatable bonds is 2. The first-order valence-corrected chi connectivity index (χ1v) is 11.8. The van der Waals surface area contributed by atoms with E-state index in [-0.39, 0.29) is 17.1 Å². The summed E-state index contributed by atoms with van der Waals surface area (Å²) < 4.78 is 7.38. The summed E-state index contributed by atoms with van der Waals surface area (Å²) in [6.07, 6.45) is 6.45. The van der Waals surface area contributed by atoms with Crippen molar-refractivity contribution in [3.63, 3.8) is 0 Å². The number of nitrogens with zero attached hydrogens (tertiary/aromatic N) is 3. The Morgan fingerprint density at radius 1 is 1.07 bits per heavy atom. The van der Waals surface area contributed by atoms with Gasteiger partial charge in [0.2, 0.25) is 0 Å². The van der Waals surface area contributed by atoms with Gasteiger partial charge in [-0.25, -0.2) is 4.79 Å². The topological polar surface area (TPSA) is 36.0 Å². The van der Waals surface area contributed by atoms with Gasteiger partial charge in [0.15, 0.2) is 5.60 Å². The van der Waals surface area contributed by atoms with Gasteiger partial charge >= 0.3 is 5.97 Å². The molecule has 1 spiro atoms. The number of anilines is 1. The number of piperidine rings is 1. The van der Waals surface area contributed by atoms with E-state index in [1.54, 1.807) is 6.08 Å². The van der Waals surface area contributed by atoms with E-state index in [1.165, 1.54) is 24.1 Å². The summed E-state index contributed by atoms with van der Waals surface area (Å²) in [5.74, 6) is -0.116. The SMILES string of the molecule is C[C@@H]1N2CCCC[C@@H]2[C@@]23OC(=O)C=C2CC13N1CCN(c2ccc(Br)cc2)CC1. The van der Waals surface area contributed by atoms with Crippen molar-refractivity contribution in [1.29, 1.82) is 0 Å². The maximum absolute atomic E-state index is 12.4. The summed E-state index contributed by atoms with van der Waals surface area (Å²) in [4.78, 5) is 20.2. The number of hydrogen-bond donors (Lipinski definition) is 0. The van der Waals surface area contributed by atoms with Gasteiger partial charge in [-0.2, -0.15) is 0 Å². The van der Waals surface area contributed by atoms with Crippen LogP contribution in [0.1, 0.15) is 32.6 Å². The second-order valence-electron chi connectivity index (χ2n) is 9.30. The van der Waals surface area contributed by atoms with Gasteiger partial charge in [-0.15, -0.1) is 0 Å². The van der Waals surface area contributed by atoms with E-state index < -0.39 is 0 Å². The Labute approximate surface area is 180 Å². The Balaban J connectivity index is 1.30. The maximum atomic E-state index is 12.4. The summed E-state index contributed by atoms with van der Waals surface area (Å²) in [6.45, 7) is 7.60. The summed E-state index contributed by atoms with van der Waals surface area (Å²) in [5.41, 5.74) is 2.12. The van der Waals surface area contributed by atoms with Gasteiger partial charge in [0.05, 0.1) is 11.6 Å². The number of piperazine rings is 1. The lowest BCUT2D eigenvalue weighted by atomic mass is 9.55. The van der Waals surface area contributed by atoms with E-state index in [0.717, 1.165) is 50.0 Å². The quantitative estimate of drug-likeness (QED) is 0.637. The van der Waals surface area contributed by atoms with Crippen molar-refractivity contribution in [3.8, 4) is 0 Å². The Hall–Kier alpha value is -1.37. The maximum Gasteiger partial charge on any atom is 0.331 e. The van der Waals surface area contributed by atoms with Crippen molar-refractivity contribution in [1.82, 2.24) is 9.80 Å². The largest absolute Gasteiger partial charge is 0.448 e. The van der Waals surface area contributed by atoms with Gasteiger partial charge in [0.1, 0.15) is 0 Å². The highest BCUT2D eigenvalue weighted by atomic mass is 79.9. The molecule has 4 fully saturated rings. The van der Waals surface area contributed by atoms with Gasteiger partial charge in [-0.3, -0.25) is 9.80 Å². The minimum absolute atomic E-state index is 0.0498. The van der Waals surface area contributed by atoms with E-state index in [2.05, 4.69) is 61.8 Å². The minimum atomic E-state index is -0.385. The predicted molar refractivity (Wildman–Crippen MR) is 116 cm³/mol. The van der Waals surface area contributed by atoms with Crippen LogP contribution >= 0.6 is 15.9 Å². The fraction of sp³-hybridized carbons (Fsp3) is 0.609. The second-order valence-corrected chi connectivity index (χ2v) is 10.2. The second kappa shape index (κ2) is 6.32. The lowest BCUT2D eigenvalue weighted by molar-refractivity contribution is -0.175. The van der Waals surface area contributed by atoms with Gasteiger partial charge < -0.3 is 9.64 Å². The number of fused-ring (bicyclic) bond motifs is 1. The molecule has 1 unspecified atom stereocenters. The van der Waals surface area contributed by atoms with Crippen molar-refractivity contribution in [2.75, 3.05) is 37.6 Å². The van der Waals surface area contributed by atoms with Crippen molar-refractivity contribution in [3.05, 3.63) is 40.4 Å². The van der Waals surface area contributed by atoms with Crippen LogP contribution in [0.15, 0.2) is 40.4 Å². The molecule has 1 aromatic carbocycles. The van der Waals surface area contributed by atoms with Crippen molar-refractivity contribution < 1.29 is 9.53 Å². The van der Waals surface area contributed by atoms with Crippen LogP contribution in [-0.4, -0.2) is 71.7 Å². The predicted octanol–water partition coefficient (Wildman–Crippen LogP) is 3.19. The van der Waals surface area contributed by atoms with E-state index in [0.29, 0.717) is 12.1 Å². The van der Waals surface area contributed by atoms with Crippen molar-refractivity contribution >= 4 is 27.6 Å². The Morgan fingerprint density at radius 2 is 1.83 bits per heavy atom. The summed E-state index contributed by atoms with van der Waals surface area (Å²) in [5, 5.41) is 0. The van der Waals surface area contributed by atoms with E-state index in [9.17, 15) is 4.79 Å². The van der Waals surface area contributed by atoms with E-state index >= 15 is 0 Å². The third-order valence-electron chi connectivity index (χ3n) is 8.37. The molecule has 0 radical (unpaired) electrons. The summed E-state index contributed by atoms with van der Waals surface area (Å²) in [7, 11) is 0. The Morgan fingerprint density at radius 3 is 2.55 bits per heavy atom. The number of benzene rings is 1. The molecule has 0 N–H and O–H groups in total. The molecule has 4 aliphatic heterocycles. The third-order valence-corrected chi connectivity index (χ3v) is 8.90. The molecule has 29 heavy (non-hydrogen) atoms. The van der Waals surface area contributed by atoms with Crippen LogP contribution in [0.2, 0.25) is 0 Å². The molecular formula is C23H28BrN3O2. The number of hydrogen-bond acceptors (Lipinski definition) is 5. The molecule has 154 valence electrons. The molecule has 4 atom stereocenters. The normalized spacial score (nSPS) is 39.3. The summed E-state index contributed by atoms with van der Waals surface area (Å²) >= 11 is 3.53. The molecule has 5 nitrogen and oxygen atoms in total. The molecule has 0 bridgehead atoms. The van der Waals surface area contributed by atoms with Crippen LogP contribution < -0.4 is 4.90 Å². The average Bonchev–Trinajstić information content (AvgIpc) is 3.09. The van der Waals surface area contributed by atoms with Crippen LogP contribution in [0.5, 0.6) is 0 Å². The zero-order valence-electron chi connectivity index (χ0n) is 16.9. The van der Waals surface area contributed by atoms with Crippen LogP contribution in [0, 0.1) is 0 Å². The molecule has 6 rings (SSSR count). The number of halogens is 1. The highest BCUT2D eigenvalue weighted by Gasteiger charge is 2.80. The zero-order valence-corrected chi connectivity index (χ0v) is 18.5. The minimum Gasteiger partial charge on any atom is -0.448 e. The van der Waals surface area contributed by atoms with Crippen LogP contribution in [0.25, 0.3) is 0 Å². The highest BCUT2D eigenvalue weighted by molar-refractivity contribution is 9.10. The standard InChI is InChI=1S/C23H28BrN3O2/c1-16-22(26-12-10-25(11-13-26)19-7-5-18(24)6-8-19)15-17-14-21(28)29-23(17,22)20-4-2-3-9-27(16)20/h5-8,14,16,20H,2-4,9-13,15H2,1H3/t16-,20+,22?,23-/m0/s1. The first-order valence-electron chi connectivity index (χ1n) is 11.0. The fourth-order valence-corrected chi connectivity index (χ4v) is 7.41. The van der Waals surface area contributed by atoms with Gasteiger partial charge in [0, 0.05) is 48.5 Å². The molecule has 5 aliphatic rings. The molecule has 0 aromatic heterocycles. The molecule has 3 saturated heterocycles.